The fourth-order valence-electron chi connectivity index (χ4n) is 3.04. The number of ether oxygens (including phenoxy) is 1. The van der Waals surface area contributed by atoms with Crippen molar-refractivity contribution in [2.75, 3.05) is 25.0 Å². The Kier molecular flexibility index (Phi) is 5.88. The summed E-state index contributed by atoms with van der Waals surface area (Å²) in [5.74, 6) is 1.48. The smallest absolute Gasteiger partial charge is 0.321 e. The van der Waals surface area contributed by atoms with Crippen molar-refractivity contribution in [2.45, 2.75) is 26.2 Å². The number of nitrogens with zero attached hydrogens (tertiary/aromatic N) is 2. The highest BCUT2D eigenvalue weighted by Gasteiger charge is 2.22. The number of aryl methyl sites for hydroxylation is 1. The van der Waals surface area contributed by atoms with Gasteiger partial charge in [0, 0.05) is 31.2 Å². The molecule has 1 fully saturated rings. The minimum Gasteiger partial charge on any atom is -0.493 e. The van der Waals surface area contributed by atoms with Gasteiger partial charge in [0.25, 0.3) is 0 Å². The lowest BCUT2D eigenvalue weighted by molar-refractivity contribution is 0.170. The number of pyridine rings is 1. The molecule has 2 heterocycles. The lowest BCUT2D eigenvalue weighted by atomic mass is 9.94. The second kappa shape index (κ2) is 8.51. The Morgan fingerprint density at radius 3 is 2.52 bits per heavy atom. The molecule has 0 radical (unpaired) electrons. The predicted molar refractivity (Wildman–Crippen MR) is 98.8 cm³/mol. The van der Waals surface area contributed by atoms with E-state index in [1.54, 1.807) is 12.4 Å². The molecule has 2 aromatic rings. The van der Waals surface area contributed by atoms with Gasteiger partial charge >= 0.3 is 6.03 Å². The molecule has 0 aliphatic carbocycles. The standard InChI is InChI=1S/C20H25N3O2/c1-16-2-4-18(5-3-16)22-20(24)23-13-8-17(9-14-23)10-15-25-19-6-11-21-12-7-19/h2-7,11-12,17H,8-10,13-15H2,1H3,(H,22,24). The Morgan fingerprint density at radius 2 is 1.84 bits per heavy atom. The van der Waals surface area contributed by atoms with Gasteiger partial charge in [0.1, 0.15) is 5.75 Å². The highest BCUT2D eigenvalue weighted by molar-refractivity contribution is 5.89. The fraction of sp³-hybridized carbons (Fsp3) is 0.400. The number of aromatic nitrogens is 1. The number of amides is 2. The first-order valence-corrected chi connectivity index (χ1v) is 8.86. The fourth-order valence-corrected chi connectivity index (χ4v) is 3.04. The van der Waals surface area contributed by atoms with Crippen LogP contribution in [0.25, 0.3) is 0 Å². The Balaban J connectivity index is 1.37. The molecule has 0 atom stereocenters. The monoisotopic (exact) mass is 339 g/mol. The van der Waals surface area contributed by atoms with Crippen molar-refractivity contribution in [2.24, 2.45) is 5.92 Å². The van der Waals surface area contributed by atoms with E-state index < -0.39 is 0 Å². The summed E-state index contributed by atoms with van der Waals surface area (Å²) < 4.78 is 5.74. The van der Waals surface area contributed by atoms with Crippen LogP contribution < -0.4 is 10.1 Å². The van der Waals surface area contributed by atoms with Gasteiger partial charge in [-0.3, -0.25) is 4.98 Å². The number of nitrogens with one attached hydrogen (secondary N) is 1. The Bertz CT molecular complexity index is 665. The number of hydrogen-bond donors (Lipinski definition) is 1. The van der Waals surface area contributed by atoms with Crippen LogP contribution >= 0.6 is 0 Å². The molecule has 0 spiro atoms. The molecule has 1 aromatic carbocycles. The molecular weight excluding hydrogens is 314 g/mol. The zero-order valence-electron chi connectivity index (χ0n) is 14.6. The quantitative estimate of drug-likeness (QED) is 0.892. The van der Waals surface area contributed by atoms with Crippen molar-refractivity contribution in [3.8, 4) is 5.75 Å². The number of rotatable bonds is 5. The number of anilines is 1. The number of likely N-dealkylation sites (tertiary alicyclic amines) is 1. The van der Waals surface area contributed by atoms with Gasteiger partial charge in [0.05, 0.1) is 6.61 Å². The first-order chi connectivity index (χ1) is 12.2. The van der Waals surface area contributed by atoms with Gasteiger partial charge in [-0.15, -0.1) is 0 Å². The summed E-state index contributed by atoms with van der Waals surface area (Å²) >= 11 is 0. The molecule has 2 amide bonds. The van der Waals surface area contributed by atoms with Gasteiger partial charge < -0.3 is 15.0 Å². The normalized spacial score (nSPS) is 15.0. The van der Waals surface area contributed by atoms with Crippen molar-refractivity contribution in [3.05, 3.63) is 54.4 Å². The van der Waals surface area contributed by atoms with E-state index in [4.69, 9.17) is 4.74 Å². The summed E-state index contributed by atoms with van der Waals surface area (Å²) in [7, 11) is 0. The molecule has 25 heavy (non-hydrogen) atoms. The first-order valence-electron chi connectivity index (χ1n) is 8.86. The second-order valence-electron chi connectivity index (χ2n) is 6.55. The summed E-state index contributed by atoms with van der Waals surface area (Å²) in [6.07, 6.45) is 6.55. The maximum atomic E-state index is 12.3. The van der Waals surface area contributed by atoms with E-state index >= 15 is 0 Å². The van der Waals surface area contributed by atoms with Crippen LogP contribution in [0.2, 0.25) is 0 Å². The van der Waals surface area contributed by atoms with E-state index in [9.17, 15) is 4.79 Å². The Morgan fingerprint density at radius 1 is 1.16 bits per heavy atom. The number of urea groups is 1. The molecule has 5 nitrogen and oxygen atoms in total. The molecular formula is C20H25N3O2. The van der Waals surface area contributed by atoms with Crippen LogP contribution in [-0.2, 0) is 0 Å². The van der Waals surface area contributed by atoms with Crippen LogP contribution in [0.4, 0.5) is 10.5 Å². The summed E-state index contributed by atoms with van der Waals surface area (Å²) in [5.41, 5.74) is 2.04. The molecule has 0 bridgehead atoms. The van der Waals surface area contributed by atoms with Crippen LogP contribution in [0.3, 0.4) is 0 Å². The molecule has 1 aliphatic rings. The van der Waals surface area contributed by atoms with E-state index in [1.807, 2.05) is 48.2 Å². The van der Waals surface area contributed by atoms with E-state index in [-0.39, 0.29) is 6.03 Å². The molecule has 1 aromatic heterocycles. The first kappa shape index (κ1) is 17.3. The molecule has 0 unspecified atom stereocenters. The van der Waals surface area contributed by atoms with E-state index in [1.165, 1.54) is 5.56 Å². The van der Waals surface area contributed by atoms with Crippen molar-refractivity contribution < 1.29 is 9.53 Å². The zero-order chi connectivity index (χ0) is 17.5. The number of carbonyl (C=O) groups excluding carboxylic acids is 1. The van der Waals surface area contributed by atoms with E-state index in [2.05, 4.69) is 10.3 Å². The topological polar surface area (TPSA) is 54.5 Å². The van der Waals surface area contributed by atoms with Crippen LogP contribution in [0, 0.1) is 12.8 Å². The van der Waals surface area contributed by atoms with Crippen molar-refractivity contribution in [1.82, 2.24) is 9.88 Å². The Labute approximate surface area is 149 Å². The summed E-state index contributed by atoms with van der Waals surface area (Å²) in [5, 5.41) is 2.97. The molecule has 3 rings (SSSR count). The maximum Gasteiger partial charge on any atom is 0.321 e. The van der Waals surface area contributed by atoms with Crippen molar-refractivity contribution in [1.29, 1.82) is 0 Å². The third kappa shape index (κ3) is 5.21. The second-order valence-corrected chi connectivity index (χ2v) is 6.55. The number of benzene rings is 1. The average molecular weight is 339 g/mol. The lowest BCUT2D eigenvalue weighted by Gasteiger charge is -2.32. The molecule has 5 heteroatoms. The predicted octanol–water partition coefficient (Wildman–Crippen LogP) is 4.10. The molecule has 1 saturated heterocycles. The van der Waals surface area contributed by atoms with Crippen LogP contribution in [0.15, 0.2) is 48.8 Å². The van der Waals surface area contributed by atoms with Gasteiger partial charge in [-0.25, -0.2) is 4.79 Å². The average Bonchev–Trinajstić information content (AvgIpc) is 2.65. The molecule has 1 aliphatic heterocycles. The van der Waals surface area contributed by atoms with Crippen LogP contribution in [0.5, 0.6) is 5.75 Å². The molecule has 132 valence electrons. The number of piperidine rings is 1. The van der Waals surface area contributed by atoms with Crippen LogP contribution in [0.1, 0.15) is 24.8 Å². The van der Waals surface area contributed by atoms with Gasteiger partial charge in [-0.1, -0.05) is 17.7 Å². The molecule has 1 N–H and O–H groups in total. The van der Waals surface area contributed by atoms with Gasteiger partial charge in [-0.05, 0) is 56.4 Å². The molecule has 0 saturated carbocycles. The SMILES string of the molecule is Cc1ccc(NC(=O)N2CCC(CCOc3ccncc3)CC2)cc1. The summed E-state index contributed by atoms with van der Waals surface area (Å²) in [6.45, 7) is 4.36. The third-order valence-electron chi connectivity index (χ3n) is 4.65. The van der Waals surface area contributed by atoms with Crippen molar-refractivity contribution in [3.63, 3.8) is 0 Å². The summed E-state index contributed by atoms with van der Waals surface area (Å²) in [6, 6.07) is 11.6. The van der Waals surface area contributed by atoms with Gasteiger partial charge in [0.15, 0.2) is 0 Å². The number of carbonyl (C=O) groups is 1. The van der Waals surface area contributed by atoms with Gasteiger partial charge in [0.2, 0.25) is 0 Å². The summed E-state index contributed by atoms with van der Waals surface area (Å²) in [4.78, 5) is 18.2. The lowest BCUT2D eigenvalue weighted by Crippen LogP contribution is -2.41. The zero-order valence-corrected chi connectivity index (χ0v) is 14.6. The van der Waals surface area contributed by atoms with E-state index in [0.29, 0.717) is 12.5 Å². The highest BCUT2D eigenvalue weighted by Crippen LogP contribution is 2.22. The highest BCUT2D eigenvalue weighted by atomic mass is 16.5. The minimum atomic E-state index is -0.00432. The maximum absolute atomic E-state index is 12.3. The van der Waals surface area contributed by atoms with Gasteiger partial charge in [-0.2, -0.15) is 0 Å². The largest absolute Gasteiger partial charge is 0.493 e. The third-order valence-corrected chi connectivity index (χ3v) is 4.65. The minimum absolute atomic E-state index is 0.00432. The van der Waals surface area contributed by atoms with E-state index in [0.717, 1.165) is 43.8 Å². The van der Waals surface area contributed by atoms with Crippen molar-refractivity contribution >= 4 is 11.7 Å². The Hall–Kier alpha value is -2.56. The number of hydrogen-bond acceptors (Lipinski definition) is 3. The van der Waals surface area contributed by atoms with Crippen LogP contribution in [-0.4, -0.2) is 35.6 Å².